The molecule has 1 aliphatic rings. The number of halogens is 1. The summed E-state index contributed by atoms with van der Waals surface area (Å²) in [6, 6.07) is -0.710. The second kappa shape index (κ2) is 4.53. The molecule has 9 heteroatoms. The van der Waals surface area contributed by atoms with Crippen molar-refractivity contribution in [2.75, 3.05) is 16.9 Å². The molecule has 1 fully saturated rings. The molecule has 2 rings (SSSR count). The molecule has 1 saturated heterocycles. The van der Waals surface area contributed by atoms with Gasteiger partial charge in [0.1, 0.15) is 6.04 Å². The molecule has 4 N–H and O–H groups in total. The summed E-state index contributed by atoms with van der Waals surface area (Å²) >= 11 is 0. The molecule has 0 radical (unpaired) electrons. The lowest BCUT2D eigenvalue weighted by Gasteiger charge is -2.32. The second-order valence-corrected chi connectivity index (χ2v) is 3.73. The third kappa shape index (κ3) is 2.07. The van der Waals surface area contributed by atoms with E-state index in [0.29, 0.717) is 0 Å². The van der Waals surface area contributed by atoms with E-state index < -0.39 is 23.7 Å². The molecule has 0 aromatic carbocycles. The number of carbonyl (C=O) groups excluding carboxylic acids is 2. The van der Waals surface area contributed by atoms with Crippen molar-refractivity contribution in [3.8, 4) is 0 Å². The maximum Gasteiger partial charge on any atom is 0.249 e. The normalized spacial score (nSPS) is 19.7. The van der Waals surface area contributed by atoms with Crippen molar-refractivity contribution < 1.29 is 14.0 Å². The maximum absolute atomic E-state index is 13.6. The van der Waals surface area contributed by atoms with E-state index in [4.69, 9.17) is 5.84 Å². The number of imide groups is 1. The number of nitrogen functional groups attached to an aromatic ring is 1. The molecule has 96 valence electrons. The van der Waals surface area contributed by atoms with Gasteiger partial charge < -0.3 is 4.90 Å². The highest BCUT2D eigenvalue weighted by molar-refractivity contribution is 6.04. The Hall–Kier alpha value is -2.29. The molecule has 1 aromatic heterocycles. The Labute approximate surface area is 101 Å². The van der Waals surface area contributed by atoms with Gasteiger partial charge >= 0.3 is 0 Å². The number of rotatable bonds is 2. The topological polar surface area (TPSA) is 113 Å². The summed E-state index contributed by atoms with van der Waals surface area (Å²) in [5, 5.41) is 2.15. The van der Waals surface area contributed by atoms with Crippen LogP contribution in [0.4, 0.5) is 16.2 Å². The number of hydrogen-bond acceptors (Lipinski definition) is 7. The molecule has 1 aliphatic heterocycles. The van der Waals surface area contributed by atoms with E-state index in [1.807, 2.05) is 0 Å². The Balaban J connectivity index is 2.40. The van der Waals surface area contributed by atoms with E-state index in [2.05, 4.69) is 20.7 Å². The number of amides is 2. The standard InChI is InChI=1S/C9H11FN6O2/c1-4-8(18)13-6(17)3-16(4)7-5(10)2-12-9(14-7)15-11/h2,4H,3,11H2,1H3,(H,12,14,15)(H,13,17,18). The fourth-order valence-corrected chi connectivity index (χ4v) is 1.60. The first-order valence-electron chi connectivity index (χ1n) is 5.12. The van der Waals surface area contributed by atoms with Crippen molar-refractivity contribution >= 4 is 23.6 Å². The highest BCUT2D eigenvalue weighted by Crippen LogP contribution is 2.20. The van der Waals surface area contributed by atoms with Crippen molar-refractivity contribution in [1.29, 1.82) is 0 Å². The van der Waals surface area contributed by atoms with E-state index in [-0.39, 0.29) is 18.3 Å². The zero-order chi connectivity index (χ0) is 13.3. The number of carbonyl (C=O) groups is 2. The fraction of sp³-hybridized carbons (Fsp3) is 0.333. The summed E-state index contributed by atoms with van der Waals surface area (Å²) in [7, 11) is 0. The third-order valence-corrected chi connectivity index (χ3v) is 2.55. The first-order valence-corrected chi connectivity index (χ1v) is 5.12. The van der Waals surface area contributed by atoms with Crippen LogP contribution < -0.4 is 21.5 Å². The quantitative estimate of drug-likeness (QED) is 0.343. The molecule has 0 spiro atoms. The Bertz CT molecular complexity index is 508. The number of hydrazine groups is 1. The average molecular weight is 254 g/mol. The summed E-state index contributed by atoms with van der Waals surface area (Å²) in [6.07, 6.45) is 0.918. The minimum Gasteiger partial charge on any atom is -0.333 e. The number of piperazine rings is 1. The van der Waals surface area contributed by atoms with Gasteiger partial charge in [-0.2, -0.15) is 4.98 Å². The smallest absolute Gasteiger partial charge is 0.249 e. The van der Waals surface area contributed by atoms with E-state index in [1.165, 1.54) is 4.90 Å². The third-order valence-electron chi connectivity index (χ3n) is 2.55. The van der Waals surface area contributed by atoms with Gasteiger partial charge in [-0.15, -0.1) is 0 Å². The van der Waals surface area contributed by atoms with E-state index >= 15 is 0 Å². The maximum atomic E-state index is 13.6. The van der Waals surface area contributed by atoms with Crippen LogP contribution in [0.25, 0.3) is 0 Å². The SMILES string of the molecule is CC1C(=O)NC(=O)CN1c1nc(NN)ncc1F. The van der Waals surface area contributed by atoms with Gasteiger partial charge in [-0.05, 0) is 6.92 Å². The fourth-order valence-electron chi connectivity index (χ4n) is 1.60. The predicted molar refractivity (Wildman–Crippen MR) is 59.8 cm³/mol. The van der Waals surface area contributed by atoms with Crippen LogP contribution in [0.1, 0.15) is 6.92 Å². The van der Waals surface area contributed by atoms with E-state index in [1.54, 1.807) is 6.92 Å². The Morgan fingerprint density at radius 2 is 2.33 bits per heavy atom. The van der Waals surface area contributed by atoms with Gasteiger partial charge in [0.15, 0.2) is 11.6 Å². The van der Waals surface area contributed by atoms with Crippen LogP contribution in [-0.2, 0) is 9.59 Å². The van der Waals surface area contributed by atoms with Crippen molar-refractivity contribution in [2.45, 2.75) is 13.0 Å². The van der Waals surface area contributed by atoms with Crippen LogP contribution in [0.3, 0.4) is 0 Å². The summed E-state index contributed by atoms with van der Waals surface area (Å²) in [5.41, 5.74) is 2.17. The molecule has 1 unspecified atom stereocenters. The van der Waals surface area contributed by atoms with Gasteiger partial charge in [-0.1, -0.05) is 0 Å². The molecule has 2 amide bonds. The molecule has 0 bridgehead atoms. The molecular weight excluding hydrogens is 243 g/mol. The monoisotopic (exact) mass is 254 g/mol. The Morgan fingerprint density at radius 1 is 1.61 bits per heavy atom. The van der Waals surface area contributed by atoms with Crippen LogP contribution >= 0.6 is 0 Å². The van der Waals surface area contributed by atoms with Crippen molar-refractivity contribution in [2.24, 2.45) is 5.84 Å². The van der Waals surface area contributed by atoms with Gasteiger partial charge in [-0.3, -0.25) is 20.3 Å². The largest absolute Gasteiger partial charge is 0.333 e. The number of nitrogens with one attached hydrogen (secondary N) is 2. The molecular formula is C9H11FN6O2. The minimum atomic E-state index is -0.733. The minimum absolute atomic E-state index is 0.00275. The van der Waals surface area contributed by atoms with Crippen molar-refractivity contribution in [3.63, 3.8) is 0 Å². The molecule has 1 aromatic rings. The van der Waals surface area contributed by atoms with Crippen LogP contribution in [0.5, 0.6) is 0 Å². The van der Waals surface area contributed by atoms with Gasteiger partial charge in [0.2, 0.25) is 17.8 Å². The first-order chi connectivity index (χ1) is 8.52. The second-order valence-electron chi connectivity index (χ2n) is 3.73. The summed E-state index contributed by atoms with van der Waals surface area (Å²) < 4.78 is 13.6. The molecule has 0 aliphatic carbocycles. The average Bonchev–Trinajstić information content (AvgIpc) is 2.34. The van der Waals surface area contributed by atoms with Gasteiger partial charge in [0, 0.05) is 0 Å². The van der Waals surface area contributed by atoms with Crippen LogP contribution in [0.15, 0.2) is 6.20 Å². The molecule has 2 heterocycles. The zero-order valence-corrected chi connectivity index (χ0v) is 9.48. The van der Waals surface area contributed by atoms with Gasteiger partial charge in [0.05, 0.1) is 12.7 Å². The number of nitrogens with zero attached hydrogens (tertiary/aromatic N) is 3. The predicted octanol–water partition coefficient (Wildman–Crippen LogP) is -1.25. The van der Waals surface area contributed by atoms with Gasteiger partial charge in [-0.25, -0.2) is 15.2 Å². The zero-order valence-electron chi connectivity index (χ0n) is 9.48. The highest BCUT2D eigenvalue weighted by Gasteiger charge is 2.32. The lowest BCUT2D eigenvalue weighted by Crippen LogP contribution is -2.57. The van der Waals surface area contributed by atoms with Crippen LogP contribution in [0, 0.1) is 5.82 Å². The van der Waals surface area contributed by atoms with Crippen molar-refractivity contribution in [1.82, 2.24) is 15.3 Å². The molecule has 1 atom stereocenters. The van der Waals surface area contributed by atoms with Crippen LogP contribution in [-0.4, -0.2) is 34.4 Å². The van der Waals surface area contributed by atoms with Crippen LogP contribution in [0.2, 0.25) is 0 Å². The lowest BCUT2D eigenvalue weighted by atomic mass is 10.2. The van der Waals surface area contributed by atoms with Crippen molar-refractivity contribution in [3.05, 3.63) is 12.0 Å². The summed E-state index contributed by atoms with van der Waals surface area (Å²) in [6.45, 7) is 1.38. The summed E-state index contributed by atoms with van der Waals surface area (Å²) in [4.78, 5) is 31.4. The summed E-state index contributed by atoms with van der Waals surface area (Å²) in [5.74, 6) is 3.22. The lowest BCUT2D eigenvalue weighted by molar-refractivity contribution is -0.132. The number of aromatic nitrogens is 2. The number of hydrogen-bond donors (Lipinski definition) is 3. The molecule has 8 nitrogen and oxygen atoms in total. The van der Waals surface area contributed by atoms with Gasteiger partial charge in [0.25, 0.3) is 0 Å². The number of anilines is 2. The molecule has 0 saturated carbocycles. The van der Waals surface area contributed by atoms with E-state index in [0.717, 1.165) is 6.20 Å². The number of nitrogens with two attached hydrogens (primary N) is 1. The highest BCUT2D eigenvalue weighted by atomic mass is 19.1. The Kier molecular flexibility index (Phi) is 3.06. The van der Waals surface area contributed by atoms with E-state index in [9.17, 15) is 14.0 Å². The first kappa shape index (κ1) is 12.2. The Morgan fingerprint density at radius 3 is 3.00 bits per heavy atom. The molecule has 18 heavy (non-hydrogen) atoms.